The Bertz CT molecular complexity index is 708. The number of halogens is 1. The first-order valence-electron chi connectivity index (χ1n) is 5.63. The SMILES string of the molecule is Nc1c(-c2ccncc2)nnn1-c1cccc(Cl)c1. The number of nitrogen functional groups attached to an aromatic ring is 1. The quantitative estimate of drug-likeness (QED) is 0.778. The number of aromatic nitrogens is 4. The molecule has 0 amide bonds. The smallest absolute Gasteiger partial charge is 0.155 e. The Morgan fingerprint density at radius 3 is 2.63 bits per heavy atom. The van der Waals surface area contributed by atoms with Crippen LogP contribution in [-0.4, -0.2) is 20.0 Å². The summed E-state index contributed by atoms with van der Waals surface area (Å²) in [7, 11) is 0. The lowest BCUT2D eigenvalue weighted by Crippen LogP contribution is -2.02. The molecule has 2 heterocycles. The van der Waals surface area contributed by atoms with Gasteiger partial charge in [0.05, 0.1) is 5.69 Å². The van der Waals surface area contributed by atoms with Crippen LogP contribution in [0.15, 0.2) is 48.8 Å². The van der Waals surface area contributed by atoms with E-state index in [-0.39, 0.29) is 0 Å². The minimum absolute atomic E-state index is 0.466. The van der Waals surface area contributed by atoms with Crippen LogP contribution in [0.4, 0.5) is 5.82 Å². The normalized spacial score (nSPS) is 10.6. The van der Waals surface area contributed by atoms with E-state index in [1.54, 1.807) is 29.2 Å². The highest BCUT2D eigenvalue weighted by molar-refractivity contribution is 6.30. The second-order valence-corrected chi connectivity index (χ2v) is 4.39. The van der Waals surface area contributed by atoms with Crippen molar-refractivity contribution in [2.75, 3.05) is 5.73 Å². The van der Waals surface area contributed by atoms with E-state index in [1.165, 1.54) is 0 Å². The first-order valence-corrected chi connectivity index (χ1v) is 6.01. The average molecular weight is 272 g/mol. The van der Waals surface area contributed by atoms with Crippen LogP contribution in [0, 0.1) is 0 Å². The van der Waals surface area contributed by atoms with Gasteiger partial charge in [0.25, 0.3) is 0 Å². The average Bonchev–Trinajstić information content (AvgIpc) is 2.81. The Morgan fingerprint density at radius 2 is 1.89 bits per heavy atom. The zero-order valence-corrected chi connectivity index (χ0v) is 10.6. The van der Waals surface area contributed by atoms with E-state index in [2.05, 4.69) is 15.3 Å². The van der Waals surface area contributed by atoms with E-state index >= 15 is 0 Å². The van der Waals surface area contributed by atoms with E-state index in [1.807, 2.05) is 24.3 Å². The number of benzene rings is 1. The number of pyridine rings is 1. The summed E-state index contributed by atoms with van der Waals surface area (Å²) in [5.74, 6) is 0.466. The summed E-state index contributed by atoms with van der Waals surface area (Å²) in [4.78, 5) is 3.96. The van der Waals surface area contributed by atoms with Crippen LogP contribution in [-0.2, 0) is 0 Å². The summed E-state index contributed by atoms with van der Waals surface area (Å²) in [5.41, 5.74) is 8.37. The Kier molecular flexibility index (Phi) is 2.89. The third-order valence-corrected chi connectivity index (χ3v) is 2.95. The molecule has 0 aliphatic heterocycles. The van der Waals surface area contributed by atoms with Gasteiger partial charge in [0, 0.05) is 23.0 Å². The molecule has 0 saturated heterocycles. The van der Waals surface area contributed by atoms with Crippen molar-refractivity contribution in [2.45, 2.75) is 0 Å². The van der Waals surface area contributed by atoms with E-state index in [4.69, 9.17) is 17.3 Å². The van der Waals surface area contributed by atoms with Crippen molar-refractivity contribution in [3.63, 3.8) is 0 Å². The molecule has 0 unspecified atom stereocenters. The number of hydrogen-bond donors (Lipinski definition) is 1. The molecule has 0 fully saturated rings. The standard InChI is InChI=1S/C13H10ClN5/c14-10-2-1-3-11(8-10)19-13(15)12(17-18-19)9-4-6-16-7-5-9/h1-8H,15H2. The van der Waals surface area contributed by atoms with Crippen LogP contribution in [0.2, 0.25) is 5.02 Å². The molecule has 0 spiro atoms. The van der Waals surface area contributed by atoms with E-state index < -0.39 is 0 Å². The molecule has 1 aromatic carbocycles. The second-order valence-electron chi connectivity index (χ2n) is 3.95. The van der Waals surface area contributed by atoms with Crippen LogP contribution in [0.25, 0.3) is 16.9 Å². The van der Waals surface area contributed by atoms with Gasteiger partial charge in [-0.1, -0.05) is 22.9 Å². The highest BCUT2D eigenvalue weighted by atomic mass is 35.5. The zero-order valence-electron chi connectivity index (χ0n) is 9.86. The van der Waals surface area contributed by atoms with E-state index in [0.29, 0.717) is 16.5 Å². The predicted molar refractivity (Wildman–Crippen MR) is 74.0 cm³/mol. The summed E-state index contributed by atoms with van der Waals surface area (Å²) in [6, 6.07) is 11.0. The second kappa shape index (κ2) is 4.70. The maximum atomic E-state index is 6.09. The van der Waals surface area contributed by atoms with Gasteiger partial charge in [-0.15, -0.1) is 5.10 Å². The molecular weight excluding hydrogens is 262 g/mol. The van der Waals surface area contributed by atoms with Gasteiger partial charge in [0.2, 0.25) is 0 Å². The van der Waals surface area contributed by atoms with Crippen molar-refractivity contribution in [3.05, 3.63) is 53.8 Å². The maximum Gasteiger partial charge on any atom is 0.155 e. The Morgan fingerprint density at radius 1 is 1.11 bits per heavy atom. The van der Waals surface area contributed by atoms with E-state index in [0.717, 1.165) is 11.3 Å². The molecule has 6 heteroatoms. The summed E-state index contributed by atoms with van der Waals surface area (Å²) in [5, 5.41) is 8.80. The molecule has 0 aliphatic rings. The minimum atomic E-state index is 0.466. The molecule has 0 radical (unpaired) electrons. The van der Waals surface area contributed by atoms with Crippen LogP contribution in [0.5, 0.6) is 0 Å². The number of nitrogens with two attached hydrogens (primary N) is 1. The molecule has 94 valence electrons. The van der Waals surface area contributed by atoms with Crippen LogP contribution >= 0.6 is 11.6 Å². The lowest BCUT2D eigenvalue weighted by Gasteiger charge is -2.03. The van der Waals surface area contributed by atoms with Gasteiger partial charge in [0.15, 0.2) is 5.82 Å². The topological polar surface area (TPSA) is 69.6 Å². The third kappa shape index (κ3) is 2.15. The van der Waals surface area contributed by atoms with Crippen molar-refractivity contribution in [2.24, 2.45) is 0 Å². The number of hydrogen-bond acceptors (Lipinski definition) is 4. The van der Waals surface area contributed by atoms with Crippen LogP contribution in [0.3, 0.4) is 0 Å². The zero-order chi connectivity index (χ0) is 13.2. The summed E-state index contributed by atoms with van der Waals surface area (Å²) in [6.07, 6.45) is 3.38. The molecule has 2 N–H and O–H groups in total. The van der Waals surface area contributed by atoms with E-state index in [9.17, 15) is 0 Å². The number of rotatable bonds is 2. The van der Waals surface area contributed by atoms with Gasteiger partial charge < -0.3 is 5.73 Å². The van der Waals surface area contributed by atoms with Gasteiger partial charge >= 0.3 is 0 Å². The Hall–Kier alpha value is -2.40. The highest BCUT2D eigenvalue weighted by Crippen LogP contribution is 2.25. The maximum absolute atomic E-state index is 6.09. The first kappa shape index (κ1) is 11.7. The molecular formula is C13H10ClN5. The van der Waals surface area contributed by atoms with Crippen LogP contribution in [0.1, 0.15) is 0 Å². The number of anilines is 1. The monoisotopic (exact) mass is 271 g/mol. The lowest BCUT2D eigenvalue weighted by atomic mass is 10.2. The van der Waals surface area contributed by atoms with Gasteiger partial charge in [-0.25, -0.2) is 0 Å². The third-order valence-electron chi connectivity index (χ3n) is 2.71. The van der Waals surface area contributed by atoms with Crippen molar-refractivity contribution in [3.8, 4) is 16.9 Å². The Balaban J connectivity index is 2.09. The Labute approximate surface area is 114 Å². The van der Waals surface area contributed by atoms with Crippen LogP contribution < -0.4 is 5.73 Å². The molecule has 3 aromatic rings. The van der Waals surface area contributed by atoms with Gasteiger partial charge in [-0.05, 0) is 30.3 Å². The summed E-state index contributed by atoms with van der Waals surface area (Å²) >= 11 is 5.96. The lowest BCUT2D eigenvalue weighted by molar-refractivity contribution is 0.810. The highest BCUT2D eigenvalue weighted by Gasteiger charge is 2.12. The fourth-order valence-corrected chi connectivity index (χ4v) is 1.99. The molecule has 5 nitrogen and oxygen atoms in total. The molecule has 19 heavy (non-hydrogen) atoms. The molecule has 0 atom stereocenters. The predicted octanol–water partition coefficient (Wildman–Crippen LogP) is 2.56. The molecule has 3 rings (SSSR count). The van der Waals surface area contributed by atoms with Gasteiger partial charge in [-0.3, -0.25) is 4.98 Å². The van der Waals surface area contributed by atoms with Gasteiger partial charge in [0.1, 0.15) is 5.69 Å². The van der Waals surface area contributed by atoms with Crippen molar-refractivity contribution in [1.29, 1.82) is 0 Å². The van der Waals surface area contributed by atoms with Crippen molar-refractivity contribution in [1.82, 2.24) is 20.0 Å². The summed E-state index contributed by atoms with van der Waals surface area (Å²) in [6.45, 7) is 0. The van der Waals surface area contributed by atoms with Gasteiger partial charge in [-0.2, -0.15) is 4.68 Å². The summed E-state index contributed by atoms with van der Waals surface area (Å²) < 4.78 is 1.56. The van der Waals surface area contributed by atoms with Crippen molar-refractivity contribution >= 4 is 17.4 Å². The first-order chi connectivity index (χ1) is 9.25. The molecule has 0 saturated carbocycles. The fourth-order valence-electron chi connectivity index (χ4n) is 1.80. The number of nitrogens with zero attached hydrogens (tertiary/aromatic N) is 4. The fraction of sp³-hybridized carbons (Fsp3) is 0. The largest absolute Gasteiger partial charge is 0.382 e. The van der Waals surface area contributed by atoms with Crippen molar-refractivity contribution < 1.29 is 0 Å². The molecule has 0 aliphatic carbocycles. The molecule has 2 aromatic heterocycles. The minimum Gasteiger partial charge on any atom is -0.382 e. The molecule has 0 bridgehead atoms.